The summed E-state index contributed by atoms with van der Waals surface area (Å²) in [6.45, 7) is 1.66. The highest BCUT2D eigenvalue weighted by atomic mass is 16.6. The second-order valence-corrected chi connectivity index (χ2v) is 3.07. The first-order chi connectivity index (χ1) is 5.68. The molecule has 2 rings (SSSR count). The van der Waals surface area contributed by atoms with Gasteiger partial charge in [0.15, 0.2) is 0 Å². The van der Waals surface area contributed by atoms with Crippen molar-refractivity contribution in [3.05, 3.63) is 22.0 Å². The van der Waals surface area contributed by atoms with Crippen LogP contribution in [0, 0.1) is 17.0 Å². The Hall–Kier alpha value is -1.39. The van der Waals surface area contributed by atoms with Gasteiger partial charge in [-0.3, -0.25) is 14.8 Å². The van der Waals surface area contributed by atoms with Crippen LogP contribution in [0.15, 0.2) is 6.20 Å². The van der Waals surface area contributed by atoms with Crippen LogP contribution in [-0.2, 0) is 0 Å². The monoisotopic (exact) mass is 167 g/mol. The smallest absolute Gasteiger partial charge is 0.262 e. The van der Waals surface area contributed by atoms with Gasteiger partial charge in [-0.25, -0.2) is 0 Å². The number of nitro groups is 1. The van der Waals surface area contributed by atoms with Crippen LogP contribution in [0.1, 0.15) is 24.6 Å². The summed E-state index contributed by atoms with van der Waals surface area (Å²) in [5.41, 5.74) is 0.633. The Morgan fingerprint density at radius 2 is 2.42 bits per heavy atom. The first kappa shape index (κ1) is 7.27. The van der Waals surface area contributed by atoms with Crippen LogP contribution >= 0.6 is 0 Å². The van der Waals surface area contributed by atoms with Crippen molar-refractivity contribution >= 4 is 5.69 Å². The van der Waals surface area contributed by atoms with Crippen molar-refractivity contribution in [2.45, 2.75) is 25.8 Å². The lowest BCUT2D eigenvalue weighted by atomic mass is 10.4. The molecule has 0 unspecified atom stereocenters. The van der Waals surface area contributed by atoms with Crippen molar-refractivity contribution in [2.75, 3.05) is 0 Å². The SMILES string of the molecule is Cc1nn(C2CC2)cc1[N+](=O)[O-]. The quantitative estimate of drug-likeness (QED) is 0.494. The van der Waals surface area contributed by atoms with Crippen molar-refractivity contribution in [3.8, 4) is 0 Å². The van der Waals surface area contributed by atoms with Crippen molar-refractivity contribution in [2.24, 2.45) is 0 Å². The fourth-order valence-corrected chi connectivity index (χ4v) is 1.18. The summed E-state index contributed by atoms with van der Waals surface area (Å²) in [5, 5.41) is 14.5. The molecule has 5 heteroatoms. The molecule has 0 saturated heterocycles. The van der Waals surface area contributed by atoms with Gasteiger partial charge in [-0.05, 0) is 19.8 Å². The molecule has 0 atom stereocenters. The lowest BCUT2D eigenvalue weighted by Gasteiger charge is -1.91. The first-order valence-corrected chi connectivity index (χ1v) is 3.88. The maximum absolute atomic E-state index is 10.4. The van der Waals surface area contributed by atoms with E-state index in [4.69, 9.17) is 0 Å². The summed E-state index contributed by atoms with van der Waals surface area (Å²) >= 11 is 0. The van der Waals surface area contributed by atoms with Gasteiger partial charge in [0.05, 0.1) is 11.0 Å². The van der Waals surface area contributed by atoms with E-state index in [9.17, 15) is 10.1 Å². The predicted octanol–water partition coefficient (Wildman–Crippen LogP) is 1.43. The fraction of sp³-hybridized carbons (Fsp3) is 0.571. The Labute approximate surface area is 69.1 Å². The summed E-state index contributed by atoms with van der Waals surface area (Å²) in [6, 6.07) is 0.414. The van der Waals surface area contributed by atoms with E-state index in [0.717, 1.165) is 12.8 Å². The molecular formula is C7H9N3O2. The van der Waals surface area contributed by atoms with E-state index in [2.05, 4.69) is 5.10 Å². The third kappa shape index (κ3) is 1.07. The lowest BCUT2D eigenvalue weighted by molar-refractivity contribution is -0.385. The maximum atomic E-state index is 10.4. The standard InChI is InChI=1S/C7H9N3O2/c1-5-7(10(11)12)4-9(8-5)6-2-3-6/h4,6H,2-3H2,1H3. The topological polar surface area (TPSA) is 61.0 Å². The summed E-state index contributed by atoms with van der Waals surface area (Å²) in [7, 11) is 0. The van der Waals surface area contributed by atoms with Gasteiger partial charge in [-0.1, -0.05) is 0 Å². The second kappa shape index (κ2) is 2.30. The normalized spacial score (nSPS) is 16.4. The van der Waals surface area contributed by atoms with E-state index in [1.54, 1.807) is 11.6 Å². The zero-order chi connectivity index (χ0) is 8.72. The molecular weight excluding hydrogens is 158 g/mol. The van der Waals surface area contributed by atoms with Crippen LogP contribution in [0.5, 0.6) is 0 Å². The van der Waals surface area contributed by atoms with Gasteiger partial charge < -0.3 is 0 Å². The molecule has 0 radical (unpaired) electrons. The lowest BCUT2D eigenvalue weighted by Crippen LogP contribution is -1.93. The van der Waals surface area contributed by atoms with E-state index in [1.807, 2.05) is 0 Å². The molecule has 1 aromatic rings. The van der Waals surface area contributed by atoms with Crippen LogP contribution < -0.4 is 0 Å². The van der Waals surface area contributed by atoms with Gasteiger partial charge in [0.25, 0.3) is 0 Å². The molecule has 1 aliphatic rings. The number of hydrogen-bond donors (Lipinski definition) is 0. The zero-order valence-corrected chi connectivity index (χ0v) is 6.73. The van der Waals surface area contributed by atoms with Gasteiger partial charge >= 0.3 is 5.69 Å². The fourth-order valence-electron chi connectivity index (χ4n) is 1.18. The van der Waals surface area contributed by atoms with Gasteiger partial charge in [0.1, 0.15) is 11.9 Å². The minimum absolute atomic E-state index is 0.127. The Balaban J connectivity index is 2.36. The minimum atomic E-state index is -0.388. The zero-order valence-electron chi connectivity index (χ0n) is 6.73. The maximum Gasteiger partial charge on any atom is 0.309 e. The van der Waals surface area contributed by atoms with Crippen molar-refractivity contribution < 1.29 is 4.92 Å². The second-order valence-electron chi connectivity index (χ2n) is 3.07. The molecule has 0 aliphatic heterocycles. The summed E-state index contributed by atoms with van der Waals surface area (Å²) in [5.74, 6) is 0. The van der Waals surface area contributed by atoms with E-state index < -0.39 is 0 Å². The summed E-state index contributed by atoms with van der Waals surface area (Å²) < 4.78 is 1.70. The molecule has 1 aromatic heterocycles. The Morgan fingerprint density at radius 1 is 1.75 bits per heavy atom. The van der Waals surface area contributed by atoms with Crippen LogP contribution in [0.25, 0.3) is 0 Å². The van der Waals surface area contributed by atoms with Crippen molar-refractivity contribution in [3.63, 3.8) is 0 Å². The average Bonchev–Trinajstić information content (AvgIpc) is 2.75. The molecule has 64 valence electrons. The van der Waals surface area contributed by atoms with E-state index in [0.29, 0.717) is 11.7 Å². The summed E-state index contributed by atoms with van der Waals surface area (Å²) in [6.07, 6.45) is 3.71. The third-order valence-electron chi connectivity index (χ3n) is 2.01. The molecule has 0 aromatic carbocycles. The highest BCUT2D eigenvalue weighted by Gasteiger charge is 2.27. The van der Waals surface area contributed by atoms with Gasteiger partial charge in [0, 0.05) is 0 Å². The molecule has 0 spiro atoms. The third-order valence-corrected chi connectivity index (χ3v) is 2.01. The number of nitrogens with zero attached hydrogens (tertiary/aromatic N) is 3. The highest BCUT2D eigenvalue weighted by molar-refractivity contribution is 5.31. The van der Waals surface area contributed by atoms with Gasteiger partial charge in [0.2, 0.25) is 0 Å². The largest absolute Gasteiger partial charge is 0.309 e. The Bertz CT molecular complexity index is 327. The van der Waals surface area contributed by atoms with E-state index in [1.165, 1.54) is 6.20 Å². The molecule has 0 amide bonds. The van der Waals surface area contributed by atoms with E-state index >= 15 is 0 Å². The Morgan fingerprint density at radius 3 is 2.83 bits per heavy atom. The van der Waals surface area contributed by atoms with Gasteiger partial charge in [-0.2, -0.15) is 5.10 Å². The number of hydrogen-bond acceptors (Lipinski definition) is 3. The van der Waals surface area contributed by atoms with Crippen LogP contribution in [0.2, 0.25) is 0 Å². The summed E-state index contributed by atoms with van der Waals surface area (Å²) in [4.78, 5) is 10.0. The predicted molar refractivity (Wildman–Crippen MR) is 41.9 cm³/mol. The van der Waals surface area contributed by atoms with Gasteiger partial charge in [-0.15, -0.1) is 0 Å². The van der Waals surface area contributed by atoms with Crippen LogP contribution in [-0.4, -0.2) is 14.7 Å². The molecule has 0 N–H and O–H groups in total. The van der Waals surface area contributed by atoms with E-state index in [-0.39, 0.29) is 10.6 Å². The number of aryl methyl sites for hydroxylation is 1. The molecule has 1 fully saturated rings. The molecule has 1 saturated carbocycles. The molecule has 1 aliphatic carbocycles. The highest BCUT2D eigenvalue weighted by Crippen LogP contribution is 2.35. The molecule has 5 nitrogen and oxygen atoms in total. The first-order valence-electron chi connectivity index (χ1n) is 3.88. The molecule has 1 heterocycles. The van der Waals surface area contributed by atoms with Crippen molar-refractivity contribution in [1.29, 1.82) is 0 Å². The Kier molecular flexibility index (Phi) is 1.39. The average molecular weight is 167 g/mol. The number of rotatable bonds is 2. The molecule has 0 bridgehead atoms. The molecule has 12 heavy (non-hydrogen) atoms. The van der Waals surface area contributed by atoms with Crippen LogP contribution in [0.3, 0.4) is 0 Å². The minimum Gasteiger partial charge on any atom is -0.262 e. The van der Waals surface area contributed by atoms with Crippen molar-refractivity contribution in [1.82, 2.24) is 9.78 Å². The van der Waals surface area contributed by atoms with Crippen LogP contribution in [0.4, 0.5) is 5.69 Å². The number of aromatic nitrogens is 2.